The molecule has 0 atom stereocenters. The number of nitro benzene ring substituents is 1. The summed E-state index contributed by atoms with van der Waals surface area (Å²) in [6, 6.07) is 11.1. The summed E-state index contributed by atoms with van der Waals surface area (Å²) >= 11 is 1.14. The van der Waals surface area contributed by atoms with E-state index < -0.39 is 22.6 Å². The van der Waals surface area contributed by atoms with Gasteiger partial charge in [0.2, 0.25) is 0 Å². The lowest BCUT2D eigenvalue weighted by Gasteiger charge is -2.09. The summed E-state index contributed by atoms with van der Waals surface area (Å²) in [5, 5.41) is 14.0. The van der Waals surface area contributed by atoms with E-state index in [-0.39, 0.29) is 28.4 Å². The smallest absolute Gasteiger partial charge is 0.341 e. The van der Waals surface area contributed by atoms with Crippen LogP contribution in [0.25, 0.3) is 11.1 Å². The first-order chi connectivity index (χ1) is 14.3. The average Bonchev–Trinajstić information content (AvgIpc) is 3.04. The van der Waals surface area contributed by atoms with Crippen LogP contribution >= 0.6 is 11.3 Å². The standard InChI is InChI=1S/C21H17FN2O5S/c1-3-29-21(26)18-17(13-8-10-14(22)11-9-13)12(2)30-20(18)23-19(25)15-6-4-5-7-16(15)24(27)28/h4-11H,3H2,1-2H3,(H,23,25). The monoisotopic (exact) mass is 428 g/mol. The number of thiophene rings is 1. The molecule has 0 saturated heterocycles. The third-order valence-electron chi connectivity index (χ3n) is 4.27. The highest BCUT2D eigenvalue weighted by atomic mass is 32.1. The average molecular weight is 428 g/mol. The van der Waals surface area contributed by atoms with Crippen LogP contribution in [-0.4, -0.2) is 23.4 Å². The summed E-state index contributed by atoms with van der Waals surface area (Å²) in [5.41, 5.74) is 0.736. The molecule has 0 spiro atoms. The van der Waals surface area contributed by atoms with Gasteiger partial charge >= 0.3 is 5.97 Å². The quantitative estimate of drug-likeness (QED) is 0.331. The van der Waals surface area contributed by atoms with Crippen molar-refractivity contribution in [2.45, 2.75) is 13.8 Å². The Bertz CT molecular complexity index is 1120. The number of para-hydroxylation sites is 1. The van der Waals surface area contributed by atoms with Crippen molar-refractivity contribution in [2.75, 3.05) is 11.9 Å². The third-order valence-corrected chi connectivity index (χ3v) is 5.29. The number of hydrogen-bond acceptors (Lipinski definition) is 6. The van der Waals surface area contributed by atoms with Crippen LogP contribution in [0.15, 0.2) is 48.5 Å². The minimum Gasteiger partial charge on any atom is -0.462 e. The molecule has 1 heterocycles. The van der Waals surface area contributed by atoms with Gasteiger partial charge in [-0.1, -0.05) is 24.3 Å². The van der Waals surface area contributed by atoms with Crippen molar-refractivity contribution in [3.8, 4) is 11.1 Å². The van der Waals surface area contributed by atoms with Gasteiger partial charge in [0.15, 0.2) is 0 Å². The van der Waals surface area contributed by atoms with Gasteiger partial charge < -0.3 is 10.1 Å². The fraction of sp³-hybridized carbons (Fsp3) is 0.143. The number of carbonyl (C=O) groups is 2. The Morgan fingerprint density at radius 2 is 1.83 bits per heavy atom. The second kappa shape index (κ2) is 8.83. The van der Waals surface area contributed by atoms with Crippen LogP contribution in [0.2, 0.25) is 0 Å². The molecular formula is C21H17FN2O5S. The number of benzene rings is 2. The molecule has 3 aromatic rings. The van der Waals surface area contributed by atoms with Crippen LogP contribution in [0, 0.1) is 22.9 Å². The highest BCUT2D eigenvalue weighted by Gasteiger charge is 2.27. The molecule has 0 aliphatic carbocycles. The van der Waals surface area contributed by atoms with Crippen LogP contribution in [0.3, 0.4) is 0 Å². The van der Waals surface area contributed by atoms with Crippen molar-refractivity contribution in [1.82, 2.24) is 0 Å². The van der Waals surface area contributed by atoms with Crippen molar-refractivity contribution in [3.05, 3.63) is 80.5 Å². The molecule has 154 valence electrons. The van der Waals surface area contributed by atoms with E-state index in [4.69, 9.17) is 4.74 Å². The highest BCUT2D eigenvalue weighted by molar-refractivity contribution is 7.17. The van der Waals surface area contributed by atoms with Crippen molar-refractivity contribution < 1.29 is 23.6 Å². The lowest BCUT2D eigenvalue weighted by molar-refractivity contribution is -0.385. The van der Waals surface area contributed by atoms with Gasteiger partial charge in [-0.15, -0.1) is 11.3 Å². The number of nitro groups is 1. The van der Waals surface area contributed by atoms with Crippen molar-refractivity contribution in [1.29, 1.82) is 0 Å². The summed E-state index contributed by atoms with van der Waals surface area (Å²) < 4.78 is 18.5. The normalized spacial score (nSPS) is 10.5. The van der Waals surface area contributed by atoms with E-state index >= 15 is 0 Å². The zero-order valence-corrected chi connectivity index (χ0v) is 16.9. The van der Waals surface area contributed by atoms with Crippen LogP contribution in [-0.2, 0) is 4.74 Å². The lowest BCUT2D eigenvalue weighted by atomic mass is 10.0. The van der Waals surface area contributed by atoms with Crippen LogP contribution < -0.4 is 5.32 Å². The largest absolute Gasteiger partial charge is 0.462 e. The Balaban J connectivity index is 2.08. The van der Waals surface area contributed by atoms with Gasteiger partial charge in [-0.25, -0.2) is 9.18 Å². The number of rotatable bonds is 6. The SMILES string of the molecule is CCOC(=O)c1c(NC(=O)c2ccccc2[N+](=O)[O-])sc(C)c1-c1ccc(F)cc1. The maximum Gasteiger partial charge on any atom is 0.341 e. The molecular weight excluding hydrogens is 411 g/mol. The fourth-order valence-corrected chi connectivity index (χ4v) is 4.05. The van der Waals surface area contributed by atoms with Crippen LogP contribution in [0.4, 0.5) is 15.1 Å². The fourth-order valence-electron chi connectivity index (χ4n) is 2.99. The molecule has 3 rings (SSSR count). The molecule has 1 amide bonds. The maximum absolute atomic E-state index is 13.3. The number of carbonyl (C=O) groups excluding carboxylic acids is 2. The molecule has 0 aliphatic heterocycles. The van der Waals surface area contributed by atoms with Crippen molar-refractivity contribution >= 4 is 33.9 Å². The molecule has 0 fully saturated rings. The molecule has 1 aromatic heterocycles. The molecule has 30 heavy (non-hydrogen) atoms. The Hall–Kier alpha value is -3.59. The number of nitrogens with zero attached hydrogens (tertiary/aromatic N) is 1. The van der Waals surface area contributed by atoms with E-state index in [0.717, 1.165) is 11.3 Å². The summed E-state index contributed by atoms with van der Waals surface area (Å²) in [7, 11) is 0. The van der Waals surface area contributed by atoms with Gasteiger partial charge in [0.05, 0.1) is 11.5 Å². The minimum absolute atomic E-state index is 0.119. The molecule has 2 aromatic carbocycles. The molecule has 0 unspecified atom stereocenters. The van der Waals surface area contributed by atoms with E-state index in [9.17, 15) is 24.1 Å². The van der Waals surface area contributed by atoms with E-state index in [1.54, 1.807) is 13.8 Å². The molecule has 7 nitrogen and oxygen atoms in total. The molecule has 1 N–H and O–H groups in total. The molecule has 0 aliphatic rings. The van der Waals surface area contributed by atoms with E-state index in [0.29, 0.717) is 16.0 Å². The molecule has 9 heteroatoms. The molecule has 0 saturated carbocycles. The molecule has 0 radical (unpaired) electrons. The summed E-state index contributed by atoms with van der Waals surface area (Å²) in [4.78, 5) is 36.7. The number of amides is 1. The van der Waals surface area contributed by atoms with Gasteiger partial charge in [-0.05, 0) is 37.6 Å². The van der Waals surface area contributed by atoms with Gasteiger partial charge in [-0.3, -0.25) is 14.9 Å². The Labute approximate surface area is 175 Å². The minimum atomic E-state index is -0.722. The number of hydrogen-bond donors (Lipinski definition) is 1. The Morgan fingerprint density at radius 1 is 1.17 bits per heavy atom. The van der Waals surface area contributed by atoms with Gasteiger partial charge in [0.1, 0.15) is 21.9 Å². The first-order valence-electron chi connectivity index (χ1n) is 8.94. The van der Waals surface area contributed by atoms with E-state index in [1.807, 2.05) is 0 Å². The van der Waals surface area contributed by atoms with Crippen molar-refractivity contribution in [2.24, 2.45) is 0 Å². The van der Waals surface area contributed by atoms with Crippen LogP contribution in [0.5, 0.6) is 0 Å². The number of nitrogens with one attached hydrogen (secondary N) is 1. The second-order valence-corrected chi connectivity index (χ2v) is 7.42. The van der Waals surface area contributed by atoms with E-state index in [1.165, 1.54) is 48.5 Å². The maximum atomic E-state index is 13.3. The summed E-state index contributed by atoms with van der Waals surface area (Å²) in [6.45, 7) is 3.53. The Kier molecular flexibility index (Phi) is 6.22. The third kappa shape index (κ3) is 4.20. The lowest BCUT2D eigenvalue weighted by Crippen LogP contribution is -2.16. The first-order valence-corrected chi connectivity index (χ1v) is 9.76. The predicted octanol–water partition coefficient (Wildman–Crippen LogP) is 5.20. The highest BCUT2D eigenvalue weighted by Crippen LogP contribution is 2.40. The number of halogens is 1. The van der Waals surface area contributed by atoms with Crippen LogP contribution in [0.1, 0.15) is 32.5 Å². The second-order valence-electron chi connectivity index (χ2n) is 6.19. The van der Waals surface area contributed by atoms with Gasteiger partial charge in [0.25, 0.3) is 11.6 Å². The number of ether oxygens (including phenoxy) is 1. The summed E-state index contributed by atoms with van der Waals surface area (Å²) in [5.74, 6) is -1.80. The first kappa shape index (κ1) is 21.1. The topological polar surface area (TPSA) is 98.5 Å². The number of anilines is 1. The Morgan fingerprint density at radius 3 is 2.47 bits per heavy atom. The van der Waals surface area contributed by atoms with Crippen molar-refractivity contribution in [3.63, 3.8) is 0 Å². The zero-order valence-electron chi connectivity index (χ0n) is 16.1. The summed E-state index contributed by atoms with van der Waals surface area (Å²) in [6.07, 6.45) is 0. The van der Waals surface area contributed by atoms with E-state index in [2.05, 4.69) is 5.32 Å². The number of aryl methyl sites for hydroxylation is 1. The predicted molar refractivity (Wildman–Crippen MR) is 111 cm³/mol. The van der Waals surface area contributed by atoms with Gasteiger partial charge in [-0.2, -0.15) is 0 Å². The van der Waals surface area contributed by atoms with Gasteiger partial charge in [0, 0.05) is 16.5 Å². The number of esters is 1. The zero-order chi connectivity index (χ0) is 21.8. The molecule has 0 bridgehead atoms.